The third-order valence-electron chi connectivity index (χ3n) is 8.04. The number of carbonyl (C=O) groups excluding carboxylic acids is 2. The van der Waals surface area contributed by atoms with Gasteiger partial charge in [0, 0.05) is 24.4 Å². The van der Waals surface area contributed by atoms with E-state index in [1.165, 1.54) is 17.7 Å². The average Bonchev–Trinajstić information content (AvgIpc) is 3.32. The van der Waals surface area contributed by atoms with E-state index in [0.29, 0.717) is 18.8 Å². The number of carbonyl (C=O) groups is 2. The second-order valence-corrected chi connectivity index (χ2v) is 12.0. The summed E-state index contributed by atoms with van der Waals surface area (Å²) in [5.41, 5.74) is 4.71. The van der Waals surface area contributed by atoms with E-state index in [1.807, 2.05) is 41.0 Å². The van der Waals surface area contributed by atoms with Crippen LogP contribution in [0.5, 0.6) is 0 Å². The number of likely N-dealkylation sites (tertiary alicyclic amines) is 1. The Morgan fingerprint density at radius 3 is 2.27 bits per heavy atom. The van der Waals surface area contributed by atoms with Crippen molar-refractivity contribution in [3.05, 3.63) is 101 Å². The number of imidazole rings is 1. The van der Waals surface area contributed by atoms with Gasteiger partial charge in [-0.15, -0.1) is 0 Å². The number of benzene rings is 3. The normalized spacial score (nSPS) is 15.0. The number of ketones is 2. The fourth-order valence-corrected chi connectivity index (χ4v) is 5.56. The van der Waals surface area contributed by atoms with Crippen LogP contribution in [0.1, 0.15) is 78.6 Å². The first-order valence-corrected chi connectivity index (χ1v) is 14.3. The van der Waals surface area contributed by atoms with Crippen molar-refractivity contribution in [3.8, 4) is 0 Å². The number of hydrogen-bond acceptors (Lipinski definition) is 4. The van der Waals surface area contributed by atoms with Crippen molar-refractivity contribution in [2.24, 2.45) is 5.92 Å². The van der Waals surface area contributed by atoms with E-state index in [1.54, 1.807) is 12.1 Å². The SMILES string of the molecule is CC(C)(C)c1ccc(C(=O)CCCN2CCC(C(=O)c3nc4ccccc4n3Cc3ccc(F)cc3)CC2)cc1. The smallest absolute Gasteiger partial charge is 0.201 e. The molecule has 4 aromatic rings. The maximum Gasteiger partial charge on any atom is 0.201 e. The summed E-state index contributed by atoms with van der Waals surface area (Å²) in [7, 11) is 0. The Labute approximate surface area is 236 Å². The lowest BCUT2D eigenvalue weighted by Gasteiger charge is -2.31. The van der Waals surface area contributed by atoms with Gasteiger partial charge in [0.25, 0.3) is 0 Å². The molecule has 5 nitrogen and oxygen atoms in total. The predicted octanol–water partition coefficient (Wildman–Crippen LogP) is 7.08. The maximum absolute atomic E-state index is 13.7. The van der Waals surface area contributed by atoms with Gasteiger partial charge < -0.3 is 9.47 Å². The quantitative estimate of drug-likeness (QED) is 0.213. The minimum atomic E-state index is -0.276. The predicted molar refractivity (Wildman–Crippen MR) is 157 cm³/mol. The van der Waals surface area contributed by atoms with E-state index >= 15 is 0 Å². The highest BCUT2D eigenvalue weighted by Gasteiger charge is 2.29. The molecule has 0 amide bonds. The Morgan fingerprint density at radius 1 is 0.925 bits per heavy atom. The van der Waals surface area contributed by atoms with Crippen LogP contribution in [0.3, 0.4) is 0 Å². The number of fused-ring (bicyclic) bond motifs is 1. The maximum atomic E-state index is 13.7. The molecule has 5 rings (SSSR count). The molecule has 1 aliphatic heterocycles. The summed E-state index contributed by atoms with van der Waals surface area (Å²) >= 11 is 0. The second kappa shape index (κ2) is 11.8. The summed E-state index contributed by atoms with van der Waals surface area (Å²) in [4.78, 5) is 33.5. The molecule has 0 unspecified atom stereocenters. The van der Waals surface area contributed by atoms with Gasteiger partial charge in [-0.25, -0.2) is 9.37 Å². The van der Waals surface area contributed by atoms with Crippen LogP contribution < -0.4 is 0 Å². The first-order valence-electron chi connectivity index (χ1n) is 14.3. The number of halogens is 1. The van der Waals surface area contributed by atoms with Crippen molar-refractivity contribution >= 4 is 22.6 Å². The first-order chi connectivity index (χ1) is 19.2. The molecule has 3 aromatic carbocycles. The van der Waals surface area contributed by atoms with Crippen LogP contribution in [-0.2, 0) is 12.0 Å². The molecule has 1 aromatic heterocycles. The first kappa shape index (κ1) is 27.9. The van der Waals surface area contributed by atoms with E-state index in [-0.39, 0.29) is 28.7 Å². The molecule has 0 atom stereocenters. The van der Waals surface area contributed by atoms with Gasteiger partial charge in [0.2, 0.25) is 5.78 Å². The molecule has 0 radical (unpaired) electrons. The number of hydrogen-bond donors (Lipinski definition) is 0. The van der Waals surface area contributed by atoms with Gasteiger partial charge in [-0.3, -0.25) is 9.59 Å². The topological polar surface area (TPSA) is 55.2 Å². The van der Waals surface area contributed by atoms with Gasteiger partial charge >= 0.3 is 0 Å². The molecule has 0 N–H and O–H groups in total. The van der Waals surface area contributed by atoms with Crippen molar-refractivity contribution in [2.45, 2.75) is 58.4 Å². The minimum Gasteiger partial charge on any atom is -0.317 e. The van der Waals surface area contributed by atoms with Crippen LogP contribution >= 0.6 is 0 Å². The van der Waals surface area contributed by atoms with Crippen LogP contribution in [0.4, 0.5) is 4.39 Å². The fourth-order valence-electron chi connectivity index (χ4n) is 5.56. The summed E-state index contributed by atoms with van der Waals surface area (Å²) in [6.07, 6.45) is 2.90. The molecule has 40 heavy (non-hydrogen) atoms. The highest BCUT2D eigenvalue weighted by molar-refractivity contribution is 5.98. The van der Waals surface area contributed by atoms with Gasteiger partial charge in [0.15, 0.2) is 11.6 Å². The number of rotatable bonds is 9. The molecule has 6 heteroatoms. The van der Waals surface area contributed by atoms with E-state index in [4.69, 9.17) is 4.98 Å². The highest BCUT2D eigenvalue weighted by atomic mass is 19.1. The Morgan fingerprint density at radius 2 is 1.60 bits per heavy atom. The van der Waals surface area contributed by atoms with Gasteiger partial charge in [-0.05, 0) is 79.7 Å². The average molecular weight is 540 g/mol. The summed E-state index contributed by atoms with van der Waals surface area (Å²) < 4.78 is 15.4. The third kappa shape index (κ3) is 6.39. The van der Waals surface area contributed by atoms with Crippen LogP contribution in [-0.4, -0.2) is 45.7 Å². The Hall–Kier alpha value is -3.64. The minimum absolute atomic E-state index is 0.0737. The van der Waals surface area contributed by atoms with Gasteiger partial charge in [0.05, 0.1) is 11.0 Å². The van der Waals surface area contributed by atoms with Crippen molar-refractivity contribution in [3.63, 3.8) is 0 Å². The summed E-state index contributed by atoms with van der Waals surface area (Å²) in [6, 6.07) is 22.2. The molecule has 2 heterocycles. The van der Waals surface area contributed by atoms with E-state index in [0.717, 1.165) is 61.1 Å². The number of aromatic nitrogens is 2. The molecule has 0 aliphatic carbocycles. The lowest BCUT2D eigenvalue weighted by atomic mass is 9.86. The van der Waals surface area contributed by atoms with Crippen LogP contribution in [0, 0.1) is 11.7 Å². The van der Waals surface area contributed by atoms with Crippen LogP contribution in [0.15, 0.2) is 72.8 Å². The van der Waals surface area contributed by atoms with Gasteiger partial charge in [0.1, 0.15) is 5.82 Å². The zero-order chi connectivity index (χ0) is 28.3. The fraction of sp³-hybridized carbons (Fsp3) is 0.382. The molecule has 0 saturated carbocycles. The van der Waals surface area contributed by atoms with Crippen molar-refractivity contribution in [2.75, 3.05) is 19.6 Å². The molecular formula is C34H38FN3O2. The summed E-state index contributed by atoms with van der Waals surface area (Å²) in [5.74, 6) is 0.383. The lowest BCUT2D eigenvalue weighted by molar-refractivity contribution is 0.0823. The Kier molecular flexibility index (Phi) is 8.27. The Bertz CT molecular complexity index is 1470. The number of para-hydroxylation sites is 2. The number of piperidine rings is 1. The molecule has 1 fully saturated rings. The largest absolute Gasteiger partial charge is 0.317 e. The second-order valence-electron chi connectivity index (χ2n) is 12.0. The molecule has 1 saturated heterocycles. The van der Waals surface area contributed by atoms with Crippen LogP contribution in [0.2, 0.25) is 0 Å². The molecule has 0 bridgehead atoms. The number of Topliss-reactive ketones (excluding diaryl/α,β-unsaturated/α-hetero) is 2. The molecular weight excluding hydrogens is 501 g/mol. The van der Waals surface area contributed by atoms with E-state index in [2.05, 4.69) is 37.8 Å². The zero-order valence-corrected chi connectivity index (χ0v) is 23.7. The summed E-state index contributed by atoms with van der Waals surface area (Å²) in [6.45, 7) is 9.51. The third-order valence-corrected chi connectivity index (χ3v) is 8.04. The molecule has 208 valence electrons. The monoisotopic (exact) mass is 539 g/mol. The Balaban J connectivity index is 1.16. The lowest BCUT2D eigenvalue weighted by Crippen LogP contribution is -2.37. The van der Waals surface area contributed by atoms with Gasteiger partial charge in [-0.1, -0.05) is 69.3 Å². The van der Waals surface area contributed by atoms with Crippen molar-refractivity contribution in [1.29, 1.82) is 0 Å². The number of nitrogens with zero attached hydrogens (tertiary/aromatic N) is 3. The standard InChI is InChI=1S/C34H38FN3O2/c1-34(2,3)27-14-12-25(13-15-27)31(39)9-6-20-37-21-18-26(19-22-37)32(40)33-36-29-7-4-5-8-30(29)38(33)23-24-10-16-28(35)17-11-24/h4-5,7-8,10-17,26H,6,9,18-23H2,1-3H3. The van der Waals surface area contributed by atoms with E-state index in [9.17, 15) is 14.0 Å². The molecule has 1 aliphatic rings. The van der Waals surface area contributed by atoms with E-state index < -0.39 is 0 Å². The van der Waals surface area contributed by atoms with Gasteiger partial charge in [-0.2, -0.15) is 0 Å². The van der Waals surface area contributed by atoms with Crippen molar-refractivity contribution < 1.29 is 14.0 Å². The van der Waals surface area contributed by atoms with Crippen molar-refractivity contribution in [1.82, 2.24) is 14.5 Å². The summed E-state index contributed by atoms with van der Waals surface area (Å²) in [5, 5.41) is 0. The van der Waals surface area contributed by atoms with Crippen LogP contribution in [0.25, 0.3) is 11.0 Å². The molecule has 0 spiro atoms. The zero-order valence-electron chi connectivity index (χ0n) is 23.7. The highest BCUT2D eigenvalue weighted by Crippen LogP contribution is 2.26.